The molecule has 18 heavy (non-hydrogen) atoms. The molecule has 2 N–H and O–H groups in total. The van der Waals surface area contributed by atoms with E-state index in [0.29, 0.717) is 12.0 Å². The van der Waals surface area contributed by atoms with Crippen LogP contribution < -0.4 is 0 Å². The van der Waals surface area contributed by atoms with Crippen LogP contribution in [-0.4, -0.2) is 27.7 Å². The first kappa shape index (κ1) is 12.1. The van der Waals surface area contributed by atoms with Gasteiger partial charge in [0.1, 0.15) is 0 Å². The van der Waals surface area contributed by atoms with Gasteiger partial charge in [-0.25, -0.2) is 0 Å². The zero-order valence-corrected chi connectivity index (χ0v) is 11.3. The fourth-order valence-corrected chi connectivity index (χ4v) is 4.11. The lowest BCUT2D eigenvalue weighted by Gasteiger charge is -2.41. The van der Waals surface area contributed by atoms with Gasteiger partial charge in [0.15, 0.2) is 5.78 Å². The summed E-state index contributed by atoms with van der Waals surface area (Å²) in [5.41, 5.74) is -0.422. The van der Waals surface area contributed by atoms with Gasteiger partial charge in [-0.3, -0.25) is 4.79 Å². The molecule has 0 heterocycles. The first-order chi connectivity index (χ1) is 8.14. The molecule has 1 fully saturated rings. The number of fused-ring (bicyclic) bond motifs is 3. The van der Waals surface area contributed by atoms with E-state index in [2.05, 4.69) is 0 Å². The van der Waals surface area contributed by atoms with E-state index in [0.717, 1.165) is 5.57 Å². The largest absolute Gasteiger partial charge is 0.388 e. The summed E-state index contributed by atoms with van der Waals surface area (Å²) in [7, 11) is 0. The SMILES string of the molecule is CC1C(=O)C=C2C=C3[C@@H](O)C(C)(C)C[C@@]3(O)[C@@]21C. The molecule has 1 saturated carbocycles. The molecule has 0 aliphatic heterocycles. The van der Waals surface area contributed by atoms with Crippen LogP contribution in [0, 0.1) is 16.7 Å². The fraction of sp³-hybridized carbons (Fsp3) is 0.667. The third-order valence-electron chi connectivity index (χ3n) is 5.58. The van der Waals surface area contributed by atoms with E-state index in [-0.39, 0.29) is 17.1 Å². The molecule has 0 spiro atoms. The predicted molar refractivity (Wildman–Crippen MR) is 67.8 cm³/mol. The lowest BCUT2D eigenvalue weighted by Crippen LogP contribution is -2.47. The Labute approximate surface area is 107 Å². The Morgan fingerprint density at radius 3 is 2.50 bits per heavy atom. The summed E-state index contributed by atoms with van der Waals surface area (Å²) < 4.78 is 0. The lowest BCUT2D eigenvalue weighted by molar-refractivity contribution is -0.124. The molecule has 0 radical (unpaired) electrons. The van der Waals surface area contributed by atoms with E-state index in [1.54, 1.807) is 6.08 Å². The summed E-state index contributed by atoms with van der Waals surface area (Å²) in [6.07, 6.45) is 3.35. The molecule has 0 amide bonds. The molecule has 3 aliphatic carbocycles. The van der Waals surface area contributed by atoms with Crippen LogP contribution in [0.1, 0.15) is 34.1 Å². The zero-order valence-electron chi connectivity index (χ0n) is 11.3. The first-order valence-electron chi connectivity index (χ1n) is 6.53. The number of carbonyl (C=O) groups excluding carboxylic acids is 1. The van der Waals surface area contributed by atoms with E-state index in [1.165, 1.54) is 0 Å². The smallest absolute Gasteiger partial charge is 0.159 e. The summed E-state index contributed by atoms with van der Waals surface area (Å²) in [5.74, 6) is -0.150. The van der Waals surface area contributed by atoms with Crippen molar-refractivity contribution in [3.63, 3.8) is 0 Å². The molecule has 0 aromatic carbocycles. The third kappa shape index (κ3) is 1.02. The third-order valence-corrected chi connectivity index (χ3v) is 5.58. The minimum atomic E-state index is -1.08. The molecular weight excluding hydrogens is 228 g/mol. The topological polar surface area (TPSA) is 57.5 Å². The van der Waals surface area contributed by atoms with E-state index in [1.807, 2.05) is 33.8 Å². The van der Waals surface area contributed by atoms with Crippen molar-refractivity contribution in [3.8, 4) is 0 Å². The van der Waals surface area contributed by atoms with Crippen molar-refractivity contribution in [2.24, 2.45) is 16.7 Å². The van der Waals surface area contributed by atoms with E-state index in [4.69, 9.17) is 0 Å². The van der Waals surface area contributed by atoms with Crippen LogP contribution in [0.2, 0.25) is 0 Å². The second-order valence-corrected chi connectivity index (χ2v) is 6.95. The van der Waals surface area contributed by atoms with Crippen molar-refractivity contribution in [2.45, 2.75) is 45.8 Å². The lowest BCUT2D eigenvalue weighted by atomic mass is 9.65. The molecule has 0 aromatic rings. The van der Waals surface area contributed by atoms with Crippen LogP contribution in [0.25, 0.3) is 0 Å². The number of aliphatic hydroxyl groups excluding tert-OH is 1. The molecule has 98 valence electrons. The number of hydrogen-bond donors (Lipinski definition) is 2. The highest BCUT2D eigenvalue weighted by Gasteiger charge is 2.68. The van der Waals surface area contributed by atoms with Crippen molar-refractivity contribution in [3.05, 3.63) is 23.3 Å². The number of carbonyl (C=O) groups is 1. The molecule has 0 aromatic heterocycles. The standard InChI is InChI=1S/C15H20O3/c1-8-11(16)6-9-5-10-12(17)13(2,3)7-15(10,18)14(8,9)4/h5-6,8,12,17-18H,7H2,1-4H3/t8?,12-,14-,15+/m1/s1. The summed E-state index contributed by atoms with van der Waals surface area (Å²) in [4.78, 5) is 11.9. The average molecular weight is 248 g/mol. The molecule has 3 rings (SSSR count). The van der Waals surface area contributed by atoms with E-state index in [9.17, 15) is 15.0 Å². The first-order valence-corrected chi connectivity index (χ1v) is 6.53. The molecule has 1 unspecified atom stereocenters. The number of hydrogen-bond acceptors (Lipinski definition) is 3. The molecule has 3 aliphatic rings. The summed E-state index contributed by atoms with van der Waals surface area (Å²) in [6.45, 7) is 7.75. The van der Waals surface area contributed by atoms with Crippen molar-refractivity contribution in [1.82, 2.24) is 0 Å². The van der Waals surface area contributed by atoms with Crippen molar-refractivity contribution in [2.75, 3.05) is 0 Å². The maximum atomic E-state index is 11.9. The quantitative estimate of drug-likeness (QED) is 0.684. The van der Waals surface area contributed by atoms with Gasteiger partial charge in [-0.15, -0.1) is 0 Å². The average Bonchev–Trinajstić information content (AvgIpc) is 2.68. The summed E-state index contributed by atoms with van der Waals surface area (Å²) in [5, 5.41) is 21.5. The fourth-order valence-electron chi connectivity index (χ4n) is 4.11. The minimum absolute atomic E-state index is 0.0791. The van der Waals surface area contributed by atoms with E-state index >= 15 is 0 Å². The van der Waals surface area contributed by atoms with Gasteiger partial charge in [0.2, 0.25) is 0 Å². The normalized spacial score (nSPS) is 48.9. The molecular formula is C15H20O3. The van der Waals surface area contributed by atoms with Gasteiger partial charge in [0.05, 0.1) is 11.7 Å². The van der Waals surface area contributed by atoms with Crippen molar-refractivity contribution < 1.29 is 15.0 Å². The summed E-state index contributed by atoms with van der Waals surface area (Å²) >= 11 is 0. The Hall–Kier alpha value is -0.930. The molecule has 0 bridgehead atoms. The van der Waals surface area contributed by atoms with Crippen LogP contribution in [0.5, 0.6) is 0 Å². The van der Waals surface area contributed by atoms with Crippen LogP contribution in [0.15, 0.2) is 23.3 Å². The van der Waals surface area contributed by atoms with E-state index < -0.39 is 17.1 Å². The van der Waals surface area contributed by atoms with Crippen LogP contribution >= 0.6 is 0 Å². The number of rotatable bonds is 0. The Bertz CT molecular complexity index is 514. The zero-order chi connectivity index (χ0) is 13.5. The molecule has 4 atom stereocenters. The van der Waals surface area contributed by atoms with Crippen LogP contribution in [-0.2, 0) is 4.79 Å². The van der Waals surface area contributed by atoms with Crippen molar-refractivity contribution >= 4 is 5.78 Å². The predicted octanol–water partition coefficient (Wildman–Crippen LogP) is 1.60. The number of aliphatic hydroxyl groups is 2. The van der Waals surface area contributed by atoms with Gasteiger partial charge in [-0.05, 0) is 29.1 Å². The Balaban J connectivity index is 2.20. The number of allylic oxidation sites excluding steroid dienone is 2. The monoisotopic (exact) mass is 248 g/mol. The van der Waals surface area contributed by atoms with Gasteiger partial charge in [-0.2, -0.15) is 0 Å². The van der Waals surface area contributed by atoms with Gasteiger partial charge < -0.3 is 10.2 Å². The number of ketones is 1. The second kappa shape index (κ2) is 2.97. The Kier molecular flexibility index (Phi) is 2.00. The van der Waals surface area contributed by atoms with Gasteiger partial charge >= 0.3 is 0 Å². The van der Waals surface area contributed by atoms with Gasteiger partial charge in [-0.1, -0.05) is 33.8 Å². The second-order valence-electron chi connectivity index (χ2n) is 6.95. The molecule has 3 nitrogen and oxygen atoms in total. The summed E-state index contributed by atoms with van der Waals surface area (Å²) in [6, 6.07) is 0. The Morgan fingerprint density at radius 2 is 1.89 bits per heavy atom. The maximum Gasteiger partial charge on any atom is 0.159 e. The minimum Gasteiger partial charge on any atom is -0.388 e. The van der Waals surface area contributed by atoms with Gasteiger partial charge in [0.25, 0.3) is 0 Å². The van der Waals surface area contributed by atoms with Crippen LogP contribution in [0.4, 0.5) is 0 Å². The highest BCUT2D eigenvalue weighted by molar-refractivity contribution is 5.98. The van der Waals surface area contributed by atoms with Gasteiger partial charge in [0, 0.05) is 11.3 Å². The molecule has 0 saturated heterocycles. The molecule has 3 heteroatoms. The van der Waals surface area contributed by atoms with Crippen LogP contribution in [0.3, 0.4) is 0 Å². The highest BCUT2D eigenvalue weighted by Crippen LogP contribution is 2.65. The maximum absolute atomic E-state index is 11.9. The highest BCUT2D eigenvalue weighted by atomic mass is 16.3. The van der Waals surface area contributed by atoms with Crippen molar-refractivity contribution in [1.29, 1.82) is 0 Å². The Morgan fingerprint density at radius 1 is 1.28 bits per heavy atom.